The van der Waals surface area contributed by atoms with Crippen LogP contribution in [0.15, 0.2) is 6.07 Å². The number of pyridine rings is 1. The van der Waals surface area contributed by atoms with Gasteiger partial charge in [0.15, 0.2) is 0 Å². The van der Waals surface area contributed by atoms with Gasteiger partial charge in [-0.3, -0.25) is 0 Å². The van der Waals surface area contributed by atoms with Crippen LogP contribution >= 0.6 is 0 Å². The maximum atomic E-state index is 12.5. The van der Waals surface area contributed by atoms with Gasteiger partial charge in [0.25, 0.3) is 0 Å². The minimum absolute atomic E-state index is 0.509. The molecule has 0 amide bonds. The van der Waals surface area contributed by atoms with E-state index in [2.05, 4.69) is 4.98 Å². The van der Waals surface area contributed by atoms with Gasteiger partial charge >= 0.3 is 18.4 Å². The summed E-state index contributed by atoms with van der Waals surface area (Å²) in [5.74, 6) is -1.04. The van der Waals surface area contributed by atoms with Gasteiger partial charge in [0.1, 0.15) is 5.56 Å². The average molecular weight is 256 g/mol. The van der Waals surface area contributed by atoms with Crippen LogP contribution in [-0.2, 0) is 6.18 Å². The summed E-state index contributed by atoms with van der Waals surface area (Å²) >= 11 is 0. The fourth-order valence-corrected chi connectivity index (χ4v) is 1.30. The van der Waals surface area contributed by atoms with Crippen molar-refractivity contribution in [3.8, 4) is 0 Å². The second kappa shape index (κ2) is 4.22. The summed E-state index contributed by atoms with van der Waals surface area (Å²) in [5, 5.41) is 10.3. The molecule has 1 rings (SSSR count). The lowest BCUT2D eigenvalue weighted by atomic mass is 10.1. The summed E-state index contributed by atoms with van der Waals surface area (Å²) in [6, 6.07) is 0.509. The zero-order chi connectivity index (χ0) is 13.4. The van der Waals surface area contributed by atoms with Crippen LogP contribution in [0.5, 0.6) is 0 Å². The number of hydrogen-bond donors (Lipinski definition) is 0. The molecule has 94 valence electrons. The largest absolute Gasteiger partial charge is 0.420 e. The maximum absolute atomic E-state index is 12.5. The monoisotopic (exact) mass is 256 g/mol. The number of aryl methyl sites for hydroxylation is 1. The van der Waals surface area contributed by atoms with Gasteiger partial charge in [-0.25, -0.2) is 8.78 Å². The van der Waals surface area contributed by atoms with Crippen molar-refractivity contribution in [3.05, 3.63) is 33.0 Å². The average Bonchev–Trinajstić information content (AvgIpc) is 2.13. The van der Waals surface area contributed by atoms with Crippen molar-refractivity contribution in [1.29, 1.82) is 0 Å². The highest BCUT2D eigenvalue weighted by Gasteiger charge is 2.42. The Balaban J connectivity index is 3.55. The lowest BCUT2D eigenvalue weighted by Gasteiger charge is -2.11. The molecule has 0 spiro atoms. The summed E-state index contributed by atoms with van der Waals surface area (Å²) in [7, 11) is 0. The van der Waals surface area contributed by atoms with E-state index >= 15 is 0 Å². The molecule has 4 nitrogen and oxygen atoms in total. The van der Waals surface area contributed by atoms with Crippen molar-refractivity contribution < 1.29 is 26.9 Å². The second-order valence-corrected chi connectivity index (χ2v) is 3.11. The van der Waals surface area contributed by atoms with Gasteiger partial charge in [-0.1, -0.05) is 0 Å². The summed E-state index contributed by atoms with van der Waals surface area (Å²) in [5.41, 5.74) is -3.91. The molecule has 0 saturated carbocycles. The normalized spacial score (nSPS) is 11.9. The maximum Gasteiger partial charge on any atom is 0.420 e. The Kier molecular flexibility index (Phi) is 3.30. The smallest absolute Gasteiger partial charge is 0.358 e. The zero-order valence-corrected chi connectivity index (χ0v) is 8.26. The zero-order valence-electron chi connectivity index (χ0n) is 8.26. The lowest BCUT2D eigenvalue weighted by Crippen LogP contribution is -2.14. The quantitative estimate of drug-likeness (QED) is 0.463. The fourth-order valence-electron chi connectivity index (χ4n) is 1.30. The second-order valence-electron chi connectivity index (χ2n) is 3.11. The van der Waals surface area contributed by atoms with E-state index in [1.807, 2.05) is 0 Å². The molecule has 0 saturated heterocycles. The first-order chi connectivity index (χ1) is 7.64. The van der Waals surface area contributed by atoms with Crippen molar-refractivity contribution in [2.75, 3.05) is 0 Å². The molecule has 1 heterocycles. The minimum Gasteiger partial charge on any atom is -0.358 e. The summed E-state index contributed by atoms with van der Waals surface area (Å²) < 4.78 is 62.2. The summed E-state index contributed by atoms with van der Waals surface area (Å²) in [6.45, 7) is 0.864. The first kappa shape index (κ1) is 13.3. The van der Waals surface area contributed by atoms with E-state index < -0.39 is 40.2 Å². The standard InChI is InChI=1S/C8H5F5N2O2/c1-3-2-4(15(16)17)14-6(7(9)10)5(3)8(11,12)13/h2,7H,1H3. The number of hydrogen-bond acceptors (Lipinski definition) is 3. The molecule has 9 heteroatoms. The van der Waals surface area contributed by atoms with Gasteiger partial charge in [0, 0.05) is 6.07 Å². The Morgan fingerprint density at radius 1 is 1.41 bits per heavy atom. The molecule has 0 bridgehead atoms. The van der Waals surface area contributed by atoms with Gasteiger partial charge in [-0.2, -0.15) is 13.2 Å². The van der Waals surface area contributed by atoms with E-state index in [1.165, 1.54) is 0 Å². The molecular formula is C8H5F5N2O2. The third-order valence-corrected chi connectivity index (χ3v) is 1.91. The SMILES string of the molecule is Cc1cc([N+](=O)[O-])nc(C(F)F)c1C(F)(F)F. The van der Waals surface area contributed by atoms with Crippen LogP contribution < -0.4 is 0 Å². The Morgan fingerprint density at radius 2 is 1.94 bits per heavy atom. The minimum atomic E-state index is -5.03. The van der Waals surface area contributed by atoms with Crippen molar-refractivity contribution in [3.63, 3.8) is 0 Å². The molecule has 0 aliphatic rings. The van der Waals surface area contributed by atoms with Crippen LogP contribution in [0, 0.1) is 17.0 Å². The van der Waals surface area contributed by atoms with Gasteiger partial charge in [0.05, 0.1) is 0 Å². The number of halogens is 5. The molecule has 0 aliphatic heterocycles. The van der Waals surface area contributed by atoms with E-state index in [0.717, 1.165) is 6.92 Å². The van der Waals surface area contributed by atoms with E-state index in [0.29, 0.717) is 6.07 Å². The Labute approximate surface area is 91.2 Å². The molecular weight excluding hydrogens is 251 g/mol. The highest BCUT2D eigenvalue weighted by molar-refractivity contribution is 5.39. The first-order valence-electron chi connectivity index (χ1n) is 4.16. The van der Waals surface area contributed by atoms with Gasteiger partial charge in [-0.15, -0.1) is 0 Å². The molecule has 0 N–H and O–H groups in total. The molecule has 1 aromatic rings. The molecule has 0 unspecified atom stereocenters. The molecule has 17 heavy (non-hydrogen) atoms. The van der Waals surface area contributed by atoms with Gasteiger partial charge in [-0.05, 0) is 22.4 Å². The van der Waals surface area contributed by atoms with Crippen molar-refractivity contribution >= 4 is 5.82 Å². The Morgan fingerprint density at radius 3 is 2.29 bits per heavy atom. The number of nitrogens with zero attached hydrogens (tertiary/aromatic N) is 2. The number of rotatable bonds is 2. The highest BCUT2D eigenvalue weighted by Crippen LogP contribution is 2.38. The first-order valence-corrected chi connectivity index (χ1v) is 4.16. The van der Waals surface area contributed by atoms with Crippen LogP contribution in [-0.4, -0.2) is 9.91 Å². The highest BCUT2D eigenvalue weighted by atomic mass is 19.4. The summed E-state index contributed by atoms with van der Waals surface area (Å²) in [6.07, 6.45) is -8.57. The van der Waals surface area contributed by atoms with Crippen molar-refractivity contribution in [1.82, 2.24) is 4.98 Å². The van der Waals surface area contributed by atoms with Crippen LogP contribution in [0.1, 0.15) is 23.2 Å². The van der Waals surface area contributed by atoms with E-state index in [4.69, 9.17) is 0 Å². The van der Waals surface area contributed by atoms with E-state index in [9.17, 15) is 32.1 Å². The molecule has 0 atom stereocenters. The lowest BCUT2D eigenvalue weighted by molar-refractivity contribution is -0.389. The number of nitro groups is 1. The topological polar surface area (TPSA) is 56.0 Å². The fraction of sp³-hybridized carbons (Fsp3) is 0.375. The van der Waals surface area contributed by atoms with Gasteiger partial charge < -0.3 is 10.1 Å². The van der Waals surface area contributed by atoms with Crippen LogP contribution in [0.2, 0.25) is 0 Å². The summed E-state index contributed by atoms with van der Waals surface area (Å²) in [4.78, 5) is 11.9. The molecule has 0 aromatic carbocycles. The van der Waals surface area contributed by atoms with Crippen LogP contribution in [0.4, 0.5) is 27.8 Å². The number of aromatic nitrogens is 1. The Hall–Kier alpha value is -1.80. The van der Waals surface area contributed by atoms with Crippen LogP contribution in [0.25, 0.3) is 0 Å². The van der Waals surface area contributed by atoms with Crippen LogP contribution in [0.3, 0.4) is 0 Å². The predicted molar refractivity (Wildman–Crippen MR) is 45.6 cm³/mol. The van der Waals surface area contributed by atoms with E-state index in [-0.39, 0.29) is 0 Å². The van der Waals surface area contributed by atoms with Gasteiger partial charge in [0.2, 0.25) is 5.69 Å². The molecule has 1 aromatic heterocycles. The number of alkyl halides is 5. The third kappa shape index (κ3) is 2.66. The molecule has 0 aliphatic carbocycles. The van der Waals surface area contributed by atoms with E-state index in [1.54, 1.807) is 0 Å². The van der Waals surface area contributed by atoms with Crippen molar-refractivity contribution in [2.45, 2.75) is 19.5 Å². The molecule has 0 radical (unpaired) electrons. The third-order valence-electron chi connectivity index (χ3n) is 1.91. The predicted octanol–water partition coefficient (Wildman–Crippen LogP) is 3.25. The Bertz CT molecular complexity index is 458. The van der Waals surface area contributed by atoms with Crippen molar-refractivity contribution in [2.24, 2.45) is 0 Å². The molecule has 0 fully saturated rings.